The number of halogens is 1. The topological polar surface area (TPSA) is 96.0 Å². The summed E-state index contributed by atoms with van der Waals surface area (Å²) in [6.45, 7) is 3.46. The third-order valence-electron chi connectivity index (χ3n) is 5.62. The standard InChI is InChI=1S/C23H28FN3O5S/c1-4-32-20-8-6-5-7-18(20)14-27-21(28)15-26(33(3,30)31)16-23(27,2)22(29)25-13-17-9-11-19(24)12-10-17/h5-12H,4,13-16H2,1-3H3,(H,25,29)/t23-/m0/s1. The third-order valence-corrected chi connectivity index (χ3v) is 6.81. The molecule has 1 saturated heterocycles. The number of nitrogens with zero attached hydrogens (tertiary/aromatic N) is 2. The number of amides is 2. The molecule has 1 aliphatic rings. The van der Waals surface area contributed by atoms with Gasteiger partial charge in [0.2, 0.25) is 21.8 Å². The fourth-order valence-corrected chi connectivity index (χ4v) is 4.59. The number of hydrogen-bond donors (Lipinski definition) is 1. The molecule has 0 aromatic heterocycles. The molecule has 8 nitrogen and oxygen atoms in total. The monoisotopic (exact) mass is 477 g/mol. The summed E-state index contributed by atoms with van der Waals surface area (Å²) in [7, 11) is -3.71. The van der Waals surface area contributed by atoms with Crippen LogP contribution in [-0.4, -0.2) is 60.9 Å². The van der Waals surface area contributed by atoms with E-state index in [0.717, 1.165) is 10.6 Å². The van der Waals surface area contributed by atoms with Gasteiger partial charge in [0, 0.05) is 18.7 Å². The first-order valence-electron chi connectivity index (χ1n) is 10.5. The molecule has 0 spiro atoms. The van der Waals surface area contributed by atoms with E-state index >= 15 is 0 Å². The van der Waals surface area contributed by atoms with Gasteiger partial charge in [-0.1, -0.05) is 30.3 Å². The number of rotatable bonds is 8. The van der Waals surface area contributed by atoms with Crippen LogP contribution in [0.3, 0.4) is 0 Å². The van der Waals surface area contributed by atoms with Gasteiger partial charge in [-0.25, -0.2) is 12.8 Å². The van der Waals surface area contributed by atoms with Crippen LogP contribution in [0.1, 0.15) is 25.0 Å². The quantitative estimate of drug-likeness (QED) is 0.627. The Kier molecular flexibility index (Phi) is 7.38. The first kappa shape index (κ1) is 24.7. The predicted octanol–water partition coefficient (Wildman–Crippen LogP) is 1.90. The highest BCUT2D eigenvalue weighted by Crippen LogP contribution is 2.29. The number of benzene rings is 2. The number of ether oxygens (including phenoxy) is 1. The first-order chi connectivity index (χ1) is 15.5. The number of carbonyl (C=O) groups is 2. The largest absolute Gasteiger partial charge is 0.494 e. The van der Waals surface area contributed by atoms with Crippen molar-refractivity contribution >= 4 is 21.8 Å². The Balaban J connectivity index is 1.91. The zero-order valence-electron chi connectivity index (χ0n) is 18.9. The summed E-state index contributed by atoms with van der Waals surface area (Å²) < 4.78 is 44.3. The van der Waals surface area contributed by atoms with Crippen LogP contribution in [0.2, 0.25) is 0 Å². The normalized spacial score (nSPS) is 19.4. The average molecular weight is 478 g/mol. The summed E-state index contributed by atoms with van der Waals surface area (Å²) in [5.41, 5.74) is -0.0978. The van der Waals surface area contributed by atoms with Crippen molar-refractivity contribution in [3.8, 4) is 5.75 Å². The number of sulfonamides is 1. The summed E-state index contributed by atoms with van der Waals surface area (Å²) in [5.74, 6) is -0.801. The molecule has 2 amide bonds. The molecule has 33 heavy (non-hydrogen) atoms. The molecule has 1 atom stereocenters. The van der Waals surface area contributed by atoms with Gasteiger partial charge in [0.05, 0.1) is 26.0 Å². The summed E-state index contributed by atoms with van der Waals surface area (Å²) in [5, 5.41) is 2.77. The minimum absolute atomic E-state index is 0.0765. The van der Waals surface area contributed by atoms with Gasteiger partial charge in [0.25, 0.3) is 0 Å². The van der Waals surface area contributed by atoms with Gasteiger partial charge < -0.3 is 15.0 Å². The molecule has 3 rings (SSSR count). The molecule has 0 unspecified atom stereocenters. The third kappa shape index (κ3) is 5.69. The molecule has 1 aliphatic heterocycles. The van der Waals surface area contributed by atoms with Crippen LogP contribution in [0.5, 0.6) is 5.75 Å². The number of carbonyl (C=O) groups excluding carboxylic acids is 2. The minimum Gasteiger partial charge on any atom is -0.494 e. The minimum atomic E-state index is -3.71. The van der Waals surface area contributed by atoms with Crippen LogP contribution >= 0.6 is 0 Å². The molecule has 1 N–H and O–H groups in total. The SMILES string of the molecule is CCOc1ccccc1CN1C(=O)CN(S(C)(=O)=O)C[C@@]1(C)C(=O)NCc1ccc(F)cc1. The van der Waals surface area contributed by atoms with Crippen LogP contribution in [-0.2, 0) is 32.7 Å². The van der Waals surface area contributed by atoms with Crippen LogP contribution in [0.4, 0.5) is 4.39 Å². The van der Waals surface area contributed by atoms with E-state index in [1.807, 2.05) is 13.0 Å². The van der Waals surface area contributed by atoms with E-state index in [2.05, 4.69) is 5.32 Å². The maximum absolute atomic E-state index is 13.4. The highest BCUT2D eigenvalue weighted by Gasteiger charge is 2.49. The van der Waals surface area contributed by atoms with Crippen LogP contribution < -0.4 is 10.1 Å². The summed E-state index contributed by atoms with van der Waals surface area (Å²) >= 11 is 0. The molecule has 10 heteroatoms. The van der Waals surface area contributed by atoms with Gasteiger partial charge in [0.1, 0.15) is 17.1 Å². The molecular formula is C23H28FN3O5S. The van der Waals surface area contributed by atoms with Gasteiger partial charge in [-0.15, -0.1) is 0 Å². The van der Waals surface area contributed by atoms with Crippen molar-refractivity contribution in [1.82, 2.24) is 14.5 Å². The first-order valence-corrected chi connectivity index (χ1v) is 12.4. The van der Waals surface area contributed by atoms with Crippen molar-refractivity contribution in [3.63, 3.8) is 0 Å². The molecular weight excluding hydrogens is 449 g/mol. The Labute approximate surface area is 193 Å². The lowest BCUT2D eigenvalue weighted by Gasteiger charge is -2.46. The van der Waals surface area contributed by atoms with E-state index in [4.69, 9.17) is 4.74 Å². The maximum atomic E-state index is 13.4. The van der Waals surface area contributed by atoms with Crippen LogP contribution in [0.15, 0.2) is 48.5 Å². The second-order valence-electron chi connectivity index (χ2n) is 8.13. The van der Waals surface area contributed by atoms with Crippen molar-refractivity contribution in [2.75, 3.05) is 26.0 Å². The fraction of sp³-hybridized carbons (Fsp3) is 0.391. The summed E-state index contributed by atoms with van der Waals surface area (Å²) in [6.07, 6.45) is 1.01. The lowest BCUT2D eigenvalue weighted by atomic mass is 9.94. The van der Waals surface area contributed by atoms with E-state index in [-0.39, 0.29) is 26.2 Å². The Morgan fingerprint density at radius 2 is 1.85 bits per heavy atom. The Morgan fingerprint density at radius 3 is 2.48 bits per heavy atom. The van der Waals surface area contributed by atoms with E-state index in [0.29, 0.717) is 23.5 Å². The van der Waals surface area contributed by atoms with Gasteiger partial charge in [0.15, 0.2) is 0 Å². The zero-order valence-corrected chi connectivity index (χ0v) is 19.7. The Morgan fingerprint density at radius 1 is 1.18 bits per heavy atom. The fourth-order valence-electron chi connectivity index (χ4n) is 3.76. The maximum Gasteiger partial charge on any atom is 0.247 e. The van der Waals surface area contributed by atoms with Gasteiger partial charge in [-0.2, -0.15) is 4.31 Å². The van der Waals surface area contributed by atoms with Crippen molar-refractivity contribution in [1.29, 1.82) is 0 Å². The van der Waals surface area contributed by atoms with Crippen LogP contribution in [0.25, 0.3) is 0 Å². The number of nitrogens with one attached hydrogen (secondary N) is 1. The second kappa shape index (κ2) is 9.88. The van der Waals surface area contributed by atoms with E-state index < -0.39 is 33.2 Å². The molecule has 0 bridgehead atoms. The number of piperazine rings is 1. The average Bonchev–Trinajstić information content (AvgIpc) is 2.76. The Bertz CT molecular complexity index is 1120. The van der Waals surface area contributed by atoms with E-state index in [1.54, 1.807) is 37.3 Å². The van der Waals surface area contributed by atoms with E-state index in [1.165, 1.54) is 17.0 Å². The smallest absolute Gasteiger partial charge is 0.247 e. The molecule has 2 aromatic carbocycles. The molecule has 0 aliphatic carbocycles. The zero-order chi connectivity index (χ0) is 24.2. The van der Waals surface area contributed by atoms with Crippen molar-refractivity contribution in [3.05, 3.63) is 65.5 Å². The van der Waals surface area contributed by atoms with Crippen molar-refractivity contribution in [2.45, 2.75) is 32.5 Å². The number of para-hydroxylation sites is 1. The Hall–Kier alpha value is -2.98. The van der Waals surface area contributed by atoms with Gasteiger partial charge in [-0.05, 0) is 37.6 Å². The number of hydrogen-bond acceptors (Lipinski definition) is 5. The highest BCUT2D eigenvalue weighted by atomic mass is 32.2. The lowest BCUT2D eigenvalue weighted by molar-refractivity contribution is -0.153. The molecule has 1 fully saturated rings. The molecule has 0 radical (unpaired) electrons. The molecule has 2 aromatic rings. The molecule has 0 saturated carbocycles. The van der Waals surface area contributed by atoms with E-state index in [9.17, 15) is 22.4 Å². The van der Waals surface area contributed by atoms with Crippen molar-refractivity contribution < 1.29 is 27.1 Å². The summed E-state index contributed by atoms with van der Waals surface area (Å²) in [4.78, 5) is 27.9. The summed E-state index contributed by atoms with van der Waals surface area (Å²) in [6, 6.07) is 12.9. The lowest BCUT2D eigenvalue weighted by Crippen LogP contribution is -2.69. The van der Waals surface area contributed by atoms with Crippen LogP contribution in [0, 0.1) is 5.82 Å². The predicted molar refractivity (Wildman–Crippen MR) is 121 cm³/mol. The highest BCUT2D eigenvalue weighted by molar-refractivity contribution is 7.88. The van der Waals surface area contributed by atoms with Crippen molar-refractivity contribution in [2.24, 2.45) is 0 Å². The molecule has 178 valence electrons. The van der Waals surface area contributed by atoms with Gasteiger partial charge >= 0.3 is 0 Å². The second-order valence-corrected chi connectivity index (χ2v) is 10.1. The van der Waals surface area contributed by atoms with Gasteiger partial charge in [-0.3, -0.25) is 9.59 Å². The molecule has 1 heterocycles.